The van der Waals surface area contributed by atoms with Gasteiger partial charge in [0, 0.05) is 19.7 Å². The molecule has 0 saturated carbocycles. The number of ether oxygens (including phenoxy) is 4. The second kappa shape index (κ2) is 8.33. The van der Waals surface area contributed by atoms with Crippen molar-refractivity contribution < 1.29 is 23.7 Å². The molecule has 1 aliphatic heterocycles. The topological polar surface area (TPSA) is 69.3 Å². The van der Waals surface area contributed by atoms with E-state index >= 15 is 0 Å². The van der Waals surface area contributed by atoms with E-state index in [1.807, 2.05) is 30.3 Å². The van der Waals surface area contributed by atoms with Crippen LogP contribution in [0.15, 0.2) is 42.5 Å². The van der Waals surface area contributed by atoms with Gasteiger partial charge in [0.2, 0.25) is 6.79 Å². The van der Waals surface area contributed by atoms with E-state index < -0.39 is 0 Å². The first-order valence-electron chi connectivity index (χ1n) is 8.30. The quantitative estimate of drug-likeness (QED) is 0.771. The highest BCUT2D eigenvalue weighted by Crippen LogP contribution is 2.34. The van der Waals surface area contributed by atoms with E-state index in [4.69, 9.17) is 18.9 Å². The molecule has 7 nitrogen and oxygen atoms in total. The first-order valence-corrected chi connectivity index (χ1v) is 8.30. The third kappa shape index (κ3) is 4.50. The van der Waals surface area contributed by atoms with Crippen molar-refractivity contribution in [1.29, 1.82) is 0 Å². The van der Waals surface area contributed by atoms with Gasteiger partial charge in [-0.2, -0.15) is 0 Å². The highest BCUT2D eigenvalue weighted by Gasteiger charge is 2.14. The van der Waals surface area contributed by atoms with Gasteiger partial charge < -0.3 is 29.2 Å². The van der Waals surface area contributed by atoms with Gasteiger partial charge >= 0.3 is 6.03 Å². The smallest absolute Gasteiger partial charge is 0.317 e. The van der Waals surface area contributed by atoms with Gasteiger partial charge in [-0.3, -0.25) is 0 Å². The van der Waals surface area contributed by atoms with E-state index in [0.29, 0.717) is 36.9 Å². The Morgan fingerprint density at radius 1 is 1.15 bits per heavy atom. The number of benzene rings is 2. The number of amides is 2. The maximum Gasteiger partial charge on any atom is 0.317 e. The first kappa shape index (κ1) is 17.7. The minimum atomic E-state index is -0.165. The van der Waals surface area contributed by atoms with E-state index in [0.717, 1.165) is 11.3 Å². The molecular formula is C19H22N2O5. The minimum Gasteiger partial charge on any atom is -0.497 e. The number of nitrogens with one attached hydrogen (secondary N) is 1. The molecule has 0 atom stereocenters. The zero-order valence-corrected chi connectivity index (χ0v) is 14.9. The molecule has 0 radical (unpaired) electrons. The minimum absolute atomic E-state index is 0.165. The van der Waals surface area contributed by atoms with Crippen molar-refractivity contribution in [3.8, 4) is 23.0 Å². The number of rotatable bonds is 7. The number of fused-ring (bicyclic) bond motifs is 1. The number of nitrogens with zero attached hydrogens (tertiary/aromatic N) is 1. The fraction of sp³-hybridized carbons (Fsp3) is 0.316. The molecule has 1 N–H and O–H groups in total. The molecule has 0 bridgehead atoms. The van der Waals surface area contributed by atoms with Crippen LogP contribution in [0, 0.1) is 0 Å². The summed E-state index contributed by atoms with van der Waals surface area (Å²) in [6, 6.07) is 12.9. The standard InChI is InChI=1S/C19H22N2O5/c1-21(12-14-4-3-5-15(10-14)23-2)19(22)20-8-9-24-16-6-7-17-18(11-16)26-13-25-17/h3-7,10-11H,8-9,12-13H2,1-2H3,(H,20,22). The average Bonchev–Trinajstić information content (AvgIpc) is 3.13. The van der Waals surface area contributed by atoms with Gasteiger partial charge in [0.25, 0.3) is 0 Å². The van der Waals surface area contributed by atoms with Gasteiger partial charge in [-0.05, 0) is 29.8 Å². The molecule has 138 valence electrons. The maximum atomic E-state index is 12.2. The van der Waals surface area contributed by atoms with Crippen LogP contribution in [0.1, 0.15) is 5.56 Å². The predicted molar refractivity (Wildman–Crippen MR) is 95.9 cm³/mol. The Hall–Kier alpha value is -3.09. The molecule has 0 saturated heterocycles. The van der Waals surface area contributed by atoms with Crippen molar-refractivity contribution >= 4 is 6.03 Å². The van der Waals surface area contributed by atoms with E-state index in [-0.39, 0.29) is 12.8 Å². The van der Waals surface area contributed by atoms with Gasteiger partial charge in [0.05, 0.1) is 13.7 Å². The summed E-state index contributed by atoms with van der Waals surface area (Å²) in [5.74, 6) is 2.83. The Kier molecular flexibility index (Phi) is 5.68. The molecule has 26 heavy (non-hydrogen) atoms. The number of carbonyl (C=O) groups excluding carboxylic acids is 1. The van der Waals surface area contributed by atoms with Crippen LogP contribution in [0.2, 0.25) is 0 Å². The number of carbonyl (C=O) groups is 1. The molecule has 0 unspecified atom stereocenters. The van der Waals surface area contributed by atoms with Gasteiger partial charge in [0.15, 0.2) is 11.5 Å². The van der Waals surface area contributed by atoms with Gasteiger partial charge in [0.1, 0.15) is 18.1 Å². The monoisotopic (exact) mass is 358 g/mol. The maximum absolute atomic E-state index is 12.2. The van der Waals surface area contributed by atoms with Crippen LogP contribution in [0.3, 0.4) is 0 Å². The lowest BCUT2D eigenvalue weighted by Gasteiger charge is -2.18. The summed E-state index contributed by atoms with van der Waals surface area (Å²) >= 11 is 0. The number of hydrogen-bond acceptors (Lipinski definition) is 5. The van der Waals surface area contributed by atoms with Crippen LogP contribution < -0.4 is 24.3 Å². The van der Waals surface area contributed by atoms with Crippen molar-refractivity contribution in [1.82, 2.24) is 10.2 Å². The van der Waals surface area contributed by atoms with E-state index in [1.165, 1.54) is 0 Å². The normalized spacial score (nSPS) is 11.8. The van der Waals surface area contributed by atoms with Crippen molar-refractivity contribution in [2.24, 2.45) is 0 Å². The highest BCUT2D eigenvalue weighted by molar-refractivity contribution is 5.73. The molecule has 0 fully saturated rings. The average molecular weight is 358 g/mol. The van der Waals surface area contributed by atoms with Crippen molar-refractivity contribution in [2.75, 3.05) is 34.1 Å². The van der Waals surface area contributed by atoms with Gasteiger partial charge in [-0.1, -0.05) is 12.1 Å². The van der Waals surface area contributed by atoms with Crippen molar-refractivity contribution in [3.05, 3.63) is 48.0 Å². The number of hydrogen-bond donors (Lipinski definition) is 1. The Bertz CT molecular complexity index is 765. The lowest BCUT2D eigenvalue weighted by atomic mass is 10.2. The van der Waals surface area contributed by atoms with Gasteiger partial charge in [-0.15, -0.1) is 0 Å². The Balaban J connectivity index is 1.40. The summed E-state index contributed by atoms with van der Waals surface area (Å²) in [6.45, 7) is 1.48. The highest BCUT2D eigenvalue weighted by atomic mass is 16.7. The number of urea groups is 1. The second-order valence-electron chi connectivity index (χ2n) is 5.80. The van der Waals surface area contributed by atoms with E-state index in [9.17, 15) is 4.79 Å². The third-order valence-corrected chi connectivity index (χ3v) is 3.89. The van der Waals surface area contributed by atoms with Crippen LogP contribution in [-0.2, 0) is 6.54 Å². The summed E-state index contributed by atoms with van der Waals surface area (Å²) < 4.78 is 21.4. The van der Waals surface area contributed by atoms with Gasteiger partial charge in [-0.25, -0.2) is 4.79 Å². The predicted octanol–water partition coefficient (Wildman–Crippen LogP) is 2.64. The Morgan fingerprint density at radius 2 is 2.00 bits per heavy atom. The summed E-state index contributed by atoms with van der Waals surface area (Å²) in [6.07, 6.45) is 0. The van der Waals surface area contributed by atoms with Crippen LogP contribution in [0.25, 0.3) is 0 Å². The van der Waals surface area contributed by atoms with E-state index in [2.05, 4.69) is 5.32 Å². The van der Waals surface area contributed by atoms with Crippen LogP contribution >= 0.6 is 0 Å². The number of methoxy groups -OCH3 is 1. The molecular weight excluding hydrogens is 336 g/mol. The SMILES string of the molecule is COc1cccc(CN(C)C(=O)NCCOc2ccc3c(c2)OCO3)c1. The largest absolute Gasteiger partial charge is 0.497 e. The van der Waals surface area contributed by atoms with E-state index in [1.54, 1.807) is 31.2 Å². The Labute approximate surface area is 152 Å². The molecule has 0 aromatic heterocycles. The lowest BCUT2D eigenvalue weighted by molar-refractivity contribution is 0.173. The Morgan fingerprint density at radius 3 is 2.85 bits per heavy atom. The molecule has 3 rings (SSSR count). The third-order valence-electron chi connectivity index (χ3n) is 3.89. The molecule has 0 spiro atoms. The first-order chi connectivity index (χ1) is 12.7. The van der Waals surface area contributed by atoms with Crippen molar-refractivity contribution in [3.63, 3.8) is 0 Å². The fourth-order valence-electron chi connectivity index (χ4n) is 2.54. The van der Waals surface area contributed by atoms with Crippen LogP contribution in [0.5, 0.6) is 23.0 Å². The summed E-state index contributed by atoms with van der Waals surface area (Å²) in [5, 5.41) is 2.83. The molecule has 2 aromatic carbocycles. The zero-order chi connectivity index (χ0) is 18.4. The van der Waals surface area contributed by atoms with Crippen LogP contribution in [-0.4, -0.2) is 45.0 Å². The molecule has 0 aliphatic carbocycles. The molecule has 1 heterocycles. The molecule has 2 aromatic rings. The van der Waals surface area contributed by atoms with Crippen molar-refractivity contribution in [2.45, 2.75) is 6.54 Å². The molecule has 1 aliphatic rings. The second-order valence-corrected chi connectivity index (χ2v) is 5.80. The lowest BCUT2D eigenvalue weighted by Crippen LogP contribution is -2.38. The zero-order valence-electron chi connectivity index (χ0n) is 14.9. The molecule has 7 heteroatoms. The summed E-state index contributed by atoms with van der Waals surface area (Å²) in [5.41, 5.74) is 0.999. The molecule has 2 amide bonds. The summed E-state index contributed by atoms with van der Waals surface area (Å²) in [7, 11) is 3.36. The summed E-state index contributed by atoms with van der Waals surface area (Å²) in [4.78, 5) is 13.8. The fourth-order valence-corrected chi connectivity index (χ4v) is 2.54. The van der Waals surface area contributed by atoms with Crippen LogP contribution in [0.4, 0.5) is 4.79 Å².